The second-order valence-electron chi connectivity index (χ2n) is 7.75. The summed E-state index contributed by atoms with van der Waals surface area (Å²) < 4.78 is 1.10. The number of pyridine rings is 1. The van der Waals surface area contributed by atoms with Crippen LogP contribution in [-0.4, -0.2) is 37.0 Å². The standard InChI is InChI=1S/C24H19Cl2N7O2/c1-13-28-20(32-31-13)10-14-6-8-16(9-7-14)29-24-27-12-15-11-17(21-18(25)4-3-5-19(21)26)23(34)33(35-2)22(15)30-24/h3-9,11-12H,10H2,1-2H3,(H,27,29,30)(H,28,31,32). The zero-order chi connectivity index (χ0) is 24.5. The molecule has 5 aromatic rings. The first-order valence-corrected chi connectivity index (χ1v) is 11.3. The number of aromatic nitrogens is 6. The van der Waals surface area contributed by atoms with Gasteiger partial charge in [0.1, 0.15) is 12.9 Å². The van der Waals surface area contributed by atoms with Crippen LogP contribution < -0.4 is 15.7 Å². The molecule has 3 heterocycles. The molecule has 176 valence electrons. The maximum Gasteiger partial charge on any atom is 0.293 e. The summed E-state index contributed by atoms with van der Waals surface area (Å²) in [5.41, 5.74) is 2.43. The summed E-state index contributed by atoms with van der Waals surface area (Å²) in [6, 6.07) is 14.5. The third-order valence-corrected chi connectivity index (χ3v) is 5.96. The maximum absolute atomic E-state index is 13.2. The van der Waals surface area contributed by atoms with Gasteiger partial charge in [0.2, 0.25) is 5.95 Å². The Morgan fingerprint density at radius 1 is 1.09 bits per heavy atom. The molecule has 9 nitrogen and oxygen atoms in total. The molecule has 0 unspecified atom stereocenters. The molecule has 0 bridgehead atoms. The van der Waals surface area contributed by atoms with Gasteiger partial charge in [-0.15, -0.1) is 4.73 Å². The molecule has 0 saturated heterocycles. The van der Waals surface area contributed by atoms with Crippen molar-refractivity contribution in [3.63, 3.8) is 0 Å². The first kappa shape index (κ1) is 22.8. The highest BCUT2D eigenvalue weighted by Crippen LogP contribution is 2.33. The highest BCUT2D eigenvalue weighted by Gasteiger charge is 2.18. The van der Waals surface area contributed by atoms with E-state index in [9.17, 15) is 4.79 Å². The van der Waals surface area contributed by atoms with E-state index in [-0.39, 0.29) is 5.56 Å². The van der Waals surface area contributed by atoms with Gasteiger partial charge in [0.15, 0.2) is 11.5 Å². The molecule has 0 atom stereocenters. The number of aryl methyl sites for hydroxylation is 1. The molecule has 0 fully saturated rings. The third kappa shape index (κ3) is 4.55. The second-order valence-corrected chi connectivity index (χ2v) is 8.56. The minimum absolute atomic E-state index is 0.288. The average Bonchev–Trinajstić information content (AvgIpc) is 3.25. The molecule has 5 rings (SSSR count). The molecule has 35 heavy (non-hydrogen) atoms. The Hall–Kier alpha value is -3.95. The van der Waals surface area contributed by atoms with Crippen LogP contribution in [0.1, 0.15) is 17.2 Å². The SMILES string of the molecule is COn1c(=O)c(-c2c(Cl)cccc2Cl)cc2cnc(Nc3ccc(Cc4n[nH]c(C)n4)cc3)nc21. The molecule has 0 saturated carbocycles. The zero-order valence-electron chi connectivity index (χ0n) is 18.7. The van der Waals surface area contributed by atoms with Crippen molar-refractivity contribution in [1.82, 2.24) is 29.9 Å². The third-order valence-electron chi connectivity index (χ3n) is 5.33. The van der Waals surface area contributed by atoms with Gasteiger partial charge in [-0.1, -0.05) is 41.4 Å². The van der Waals surface area contributed by atoms with E-state index in [0.717, 1.165) is 27.6 Å². The molecule has 0 amide bonds. The Labute approximate surface area is 209 Å². The second kappa shape index (κ2) is 9.36. The molecule has 0 radical (unpaired) electrons. The first-order chi connectivity index (χ1) is 16.9. The van der Waals surface area contributed by atoms with Crippen molar-refractivity contribution in [2.24, 2.45) is 0 Å². The molecular weight excluding hydrogens is 489 g/mol. The molecule has 0 spiro atoms. The van der Waals surface area contributed by atoms with E-state index in [1.807, 2.05) is 31.2 Å². The lowest BCUT2D eigenvalue weighted by Crippen LogP contribution is -2.27. The van der Waals surface area contributed by atoms with Crippen molar-refractivity contribution in [1.29, 1.82) is 0 Å². The molecule has 2 aromatic carbocycles. The number of anilines is 2. The molecule has 3 aromatic heterocycles. The fraction of sp³-hybridized carbons (Fsp3) is 0.125. The van der Waals surface area contributed by atoms with Gasteiger partial charge in [0.05, 0.1) is 15.6 Å². The van der Waals surface area contributed by atoms with Crippen LogP contribution in [0.5, 0.6) is 0 Å². The highest BCUT2D eigenvalue weighted by molar-refractivity contribution is 6.39. The average molecular weight is 508 g/mol. The Balaban J connectivity index is 1.46. The fourth-order valence-corrected chi connectivity index (χ4v) is 4.32. The summed E-state index contributed by atoms with van der Waals surface area (Å²) in [7, 11) is 1.39. The minimum Gasteiger partial charge on any atom is -0.412 e. The monoisotopic (exact) mass is 507 g/mol. The number of hydrogen-bond donors (Lipinski definition) is 2. The summed E-state index contributed by atoms with van der Waals surface area (Å²) in [6.45, 7) is 1.86. The lowest BCUT2D eigenvalue weighted by molar-refractivity contribution is 0.168. The Morgan fingerprint density at radius 2 is 1.83 bits per heavy atom. The van der Waals surface area contributed by atoms with Crippen LogP contribution in [-0.2, 0) is 6.42 Å². The van der Waals surface area contributed by atoms with Crippen molar-refractivity contribution in [2.75, 3.05) is 12.4 Å². The lowest BCUT2D eigenvalue weighted by atomic mass is 10.1. The fourth-order valence-electron chi connectivity index (χ4n) is 3.72. The van der Waals surface area contributed by atoms with Crippen molar-refractivity contribution < 1.29 is 4.84 Å². The molecule has 0 aliphatic carbocycles. The molecule has 2 N–H and O–H groups in total. The van der Waals surface area contributed by atoms with Crippen LogP contribution >= 0.6 is 23.2 Å². The van der Waals surface area contributed by atoms with Crippen LogP contribution in [0.2, 0.25) is 10.0 Å². The van der Waals surface area contributed by atoms with Gasteiger partial charge in [0.25, 0.3) is 5.56 Å². The van der Waals surface area contributed by atoms with Crippen LogP contribution in [0.4, 0.5) is 11.6 Å². The predicted molar refractivity (Wildman–Crippen MR) is 135 cm³/mol. The van der Waals surface area contributed by atoms with Crippen LogP contribution in [0.15, 0.2) is 59.5 Å². The summed E-state index contributed by atoms with van der Waals surface area (Å²) in [4.78, 5) is 31.8. The van der Waals surface area contributed by atoms with Crippen LogP contribution in [0.25, 0.3) is 22.2 Å². The molecule has 11 heteroatoms. The van der Waals surface area contributed by atoms with E-state index in [4.69, 9.17) is 28.0 Å². The van der Waals surface area contributed by atoms with Crippen molar-refractivity contribution >= 4 is 45.9 Å². The zero-order valence-corrected chi connectivity index (χ0v) is 20.2. The number of H-pyrrole nitrogens is 1. The van der Waals surface area contributed by atoms with Gasteiger partial charge >= 0.3 is 0 Å². The van der Waals surface area contributed by atoms with Gasteiger partial charge < -0.3 is 10.2 Å². The topological polar surface area (TPSA) is 111 Å². The Morgan fingerprint density at radius 3 is 2.49 bits per heavy atom. The van der Waals surface area contributed by atoms with Gasteiger partial charge in [-0.05, 0) is 42.8 Å². The van der Waals surface area contributed by atoms with E-state index >= 15 is 0 Å². The summed E-state index contributed by atoms with van der Waals surface area (Å²) >= 11 is 12.7. The van der Waals surface area contributed by atoms with E-state index in [0.29, 0.717) is 39.0 Å². The first-order valence-electron chi connectivity index (χ1n) is 10.6. The van der Waals surface area contributed by atoms with Crippen LogP contribution in [0, 0.1) is 6.92 Å². The number of benzene rings is 2. The summed E-state index contributed by atoms with van der Waals surface area (Å²) in [6.07, 6.45) is 2.23. The predicted octanol–water partition coefficient (Wildman–Crippen LogP) is 4.58. The number of hydrogen-bond acceptors (Lipinski definition) is 7. The maximum atomic E-state index is 13.2. The smallest absolute Gasteiger partial charge is 0.293 e. The van der Waals surface area contributed by atoms with Gasteiger partial charge in [0, 0.05) is 29.3 Å². The highest BCUT2D eigenvalue weighted by atomic mass is 35.5. The number of aromatic amines is 1. The van der Waals surface area contributed by atoms with E-state index in [2.05, 4.69) is 30.5 Å². The summed E-state index contributed by atoms with van der Waals surface area (Å²) in [5.74, 6) is 1.82. The number of fused-ring (bicyclic) bond motifs is 1. The number of halogens is 2. The Kier molecular flexibility index (Phi) is 6.10. The van der Waals surface area contributed by atoms with Gasteiger partial charge in [-0.2, -0.15) is 10.1 Å². The lowest BCUT2D eigenvalue weighted by Gasteiger charge is -2.13. The molecule has 0 aliphatic heterocycles. The van der Waals surface area contributed by atoms with Crippen molar-refractivity contribution in [3.05, 3.63) is 92.3 Å². The normalized spacial score (nSPS) is 11.1. The quantitative estimate of drug-likeness (QED) is 0.345. The number of rotatable bonds is 6. The molecular formula is C24H19Cl2N7O2. The summed E-state index contributed by atoms with van der Waals surface area (Å²) in [5, 5.41) is 11.5. The van der Waals surface area contributed by atoms with E-state index in [1.165, 1.54) is 7.11 Å². The van der Waals surface area contributed by atoms with E-state index in [1.54, 1.807) is 30.5 Å². The largest absolute Gasteiger partial charge is 0.412 e. The number of nitrogens with zero attached hydrogens (tertiary/aromatic N) is 5. The number of nitrogens with one attached hydrogen (secondary N) is 2. The van der Waals surface area contributed by atoms with E-state index < -0.39 is 5.56 Å². The van der Waals surface area contributed by atoms with Crippen molar-refractivity contribution in [2.45, 2.75) is 13.3 Å². The minimum atomic E-state index is -0.439. The van der Waals surface area contributed by atoms with Crippen LogP contribution in [0.3, 0.4) is 0 Å². The van der Waals surface area contributed by atoms with Gasteiger partial charge in [-0.25, -0.2) is 9.97 Å². The Bertz CT molecular complexity index is 1580. The molecule has 0 aliphatic rings. The van der Waals surface area contributed by atoms with Gasteiger partial charge in [-0.3, -0.25) is 9.89 Å². The van der Waals surface area contributed by atoms with Crippen molar-refractivity contribution in [3.8, 4) is 11.1 Å².